The van der Waals surface area contributed by atoms with Crippen molar-refractivity contribution in [1.82, 2.24) is 0 Å². The van der Waals surface area contributed by atoms with Crippen molar-refractivity contribution in [3.63, 3.8) is 0 Å². The number of halogens is 2. The van der Waals surface area contributed by atoms with Gasteiger partial charge in [-0.15, -0.1) is 24.8 Å². The Labute approximate surface area is 243 Å². The van der Waals surface area contributed by atoms with Crippen molar-refractivity contribution < 1.29 is 17.9 Å². The maximum absolute atomic E-state index is 3.37. The first-order valence-electron chi connectivity index (χ1n) is 13.2. The molecule has 38 heavy (non-hydrogen) atoms. The van der Waals surface area contributed by atoms with E-state index in [1.165, 1.54) is 40.7 Å². The van der Waals surface area contributed by atoms with Gasteiger partial charge in [0.15, 0.2) is 0 Å². The summed E-state index contributed by atoms with van der Waals surface area (Å²) < 4.78 is 6.73. The van der Waals surface area contributed by atoms with Crippen LogP contribution < -0.4 is 0 Å². The molecule has 0 fully saturated rings. The summed E-state index contributed by atoms with van der Waals surface area (Å²) in [5.74, 6) is 0. The molecule has 0 saturated carbocycles. The third kappa shape index (κ3) is 4.58. The molecule has 0 radical (unpaired) electrons. The van der Waals surface area contributed by atoms with E-state index >= 15 is 0 Å². The minimum absolute atomic E-state index is 0. The summed E-state index contributed by atoms with van der Waals surface area (Å²) in [7, 11) is 1.27. The van der Waals surface area contributed by atoms with Gasteiger partial charge in [0, 0.05) is 0 Å². The molecule has 2 atom stereocenters. The average molecular weight is 636 g/mol. The number of hydrogen-bond acceptors (Lipinski definition) is 0. The Kier molecular flexibility index (Phi) is 8.06. The average Bonchev–Trinajstić information content (AvgIpc) is 3.41. The molecule has 0 aliphatic heterocycles. The Balaban J connectivity index is 0.00000168. The maximum atomic E-state index is 2.77. The Hall–Kier alpha value is -1.96. The zero-order chi connectivity index (χ0) is 25.1. The summed E-state index contributed by atoms with van der Waals surface area (Å²) >= 11 is -3.37. The van der Waals surface area contributed by atoms with Gasteiger partial charge in [-0.25, -0.2) is 0 Å². The van der Waals surface area contributed by atoms with Gasteiger partial charge in [-0.2, -0.15) is 0 Å². The van der Waals surface area contributed by atoms with Crippen molar-refractivity contribution in [1.29, 1.82) is 0 Å². The van der Waals surface area contributed by atoms with Crippen LogP contribution in [0.3, 0.4) is 0 Å². The summed E-state index contributed by atoms with van der Waals surface area (Å²) in [6.45, 7) is 4.82. The molecular formula is C34H37Cl2SiZr. The monoisotopic (exact) mass is 633 g/mol. The molecule has 2 aliphatic rings. The normalized spacial score (nSPS) is 18.7. The van der Waals surface area contributed by atoms with E-state index in [1.54, 1.807) is 22.3 Å². The molecule has 0 N–H and O–H groups in total. The van der Waals surface area contributed by atoms with Gasteiger partial charge in [-0.05, 0) is 0 Å². The number of fused-ring (bicyclic) bond motifs is 2. The van der Waals surface area contributed by atoms with Crippen molar-refractivity contribution >= 4 is 44.3 Å². The standard InChI is InChI=1S/2C16H13.2CH3.2ClH.H3Si.Zr/c2*1-12-10-14-8-5-9-15(16(14)11-12)13-6-3-2-4-7-13;;;;;;/h2*2-11H,1H3;2*1H3;2*1H;1H3;. The van der Waals surface area contributed by atoms with E-state index in [-0.39, 0.29) is 24.8 Å². The first-order valence-corrected chi connectivity index (χ1v) is 29.3. The van der Waals surface area contributed by atoms with Gasteiger partial charge in [0.1, 0.15) is 0 Å². The van der Waals surface area contributed by atoms with E-state index in [9.17, 15) is 0 Å². The van der Waals surface area contributed by atoms with Gasteiger partial charge in [-0.3, -0.25) is 0 Å². The molecule has 0 amide bonds. The maximum Gasteiger partial charge on any atom is -0.147 e. The molecule has 0 saturated heterocycles. The van der Waals surface area contributed by atoms with Crippen LogP contribution in [0.1, 0.15) is 43.4 Å². The SMILES string of the molecule is CC1=Cc2c(-c3ccccc3)cccc2[CH]1[Zr]([CH3])([CH3])([SiH3])[CH]1C(C)=Cc2c(-c3ccccc3)cccc21.Cl.Cl. The zero-order valence-corrected chi connectivity index (χ0v) is 29.0. The molecule has 0 spiro atoms. The molecule has 4 aromatic carbocycles. The fraction of sp³-hybridized carbons (Fsp3) is 0.176. The van der Waals surface area contributed by atoms with Crippen LogP contribution in [0.2, 0.25) is 9.26 Å². The van der Waals surface area contributed by atoms with Crippen LogP contribution in [0.5, 0.6) is 0 Å². The van der Waals surface area contributed by atoms with Crippen LogP contribution in [-0.4, -0.2) is 7.37 Å². The topological polar surface area (TPSA) is 0 Å². The van der Waals surface area contributed by atoms with Crippen molar-refractivity contribution in [2.45, 2.75) is 30.4 Å². The predicted octanol–water partition coefficient (Wildman–Crippen LogP) is 9.55. The minimum Gasteiger partial charge on any atom is -0.147 e. The van der Waals surface area contributed by atoms with Crippen LogP contribution in [-0.2, 0) is 17.9 Å². The quantitative estimate of drug-likeness (QED) is 0.196. The van der Waals surface area contributed by atoms with E-state index in [0.29, 0.717) is 7.25 Å². The second-order valence-corrected chi connectivity index (χ2v) is 50.6. The molecule has 0 aromatic heterocycles. The predicted molar refractivity (Wildman–Crippen MR) is 173 cm³/mol. The van der Waals surface area contributed by atoms with Gasteiger partial charge in [-0.1, -0.05) is 0 Å². The van der Waals surface area contributed by atoms with E-state index < -0.39 is 17.9 Å². The van der Waals surface area contributed by atoms with Gasteiger partial charge in [0.05, 0.1) is 0 Å². The van der Waals surface area contributed by atoms with Gasteiger partial charge in [0.2, 0.25) is 0 Å². The third-order valence-electron chi connectivity index (χ3n) is 8.79. The van der Waals surface area contributed by atoms with Crippen LogP contribution in [0.15, 0.2) is 108 Å². The van der Waals surface area contributed by atoms with Gasteiger partial charge < -0.3 is 0 Å². The Morgan fingerprint density at radius 3 is 1.26 bits per heavy atom. The summed E-state index contributed by atoms with van der Waals surface area (Å²) in [6, 6.07) is 35.9. The van der Waals surface area contributed by atoms with E-state index in [4.69, 9.17) is 0 Å². The first-order chi connectivity index (χ1) is 17.2. The smallest absolute Gasteiger partial charge is 0.147 e. The van der Waals surface area contributed by atoms with Crippen molar-refractivity contribution in [2.24, 2.45) is 0 Å². The molecular weight excluding hydrogens is 599 g/mol. The number of hydrogen-bond donors (Lipinski definition) is 0. The van der Waals surface area contributed by atoms with Gasteiger partial charge >= 0.3 is 221 Å². The van der Waals surface area contributed by atoms with E-state index in [0.717, 1.165) is 0 Å². The number of benzene rings is 4. The Morgan fingerprint density at radius 2 is 0.895 bits per heavy atom. The van der Waals surface area contributed by atoms with Crippen molar-refractivity contribution in [3.8, 4) is 22.3 Å². The molecule has 4 aromatic rings. The van der Waals surface area contributed by atoms with E-state index in [1.807, 2.05) is 0 Å². The summed E-state index contributed by atoms with van der Waals surface area (Å²) in [6.07, 6.45) is 5.05. The molecule has 0 nitrogen and oxygen atoms in total. The first kappa shape index (κ1) is 29.0. The van der Waals surface area contributed by atoms with Crippen molar-refractivity contribution in [2.75, 3.05) is 0 Å². The second kappa shape index (κ2) is 10.5. The van der Waals surface area contributed by atoms with Crippen LogP contribution in [0, 0.1) is 0 Å². The summed E-state index contributed by atoms with van der Waals surface area (Å²) in [5, 5.41) is 0. The van der Waals surface area contributed by atoms with Crippen LogP contribution in [0.4, 0.5) is 0 Å². The fourth-order valence-electron chi connectivity index (χ4n) is 7.75. The second-order valence-electron chi connectivity index (χ2n) is 12.4. The molecule has 2 aliphatic carbocycles. The van der Waals surface area contributed by atoms with Gasteiger partial charge in [0.25, 0.3) is 0 Å². The zero-order valence-electron chi connectivity index (χ0n) is 22.9. The summed E-state index contributed by atoms with van der Waals surface area (Å²) in [4.78, 5) is 0. The molecule has 195 valence electrons. The Bertz CT molecular complexity index is 1430. The van der Waals surface area contributed by atoms with Crippen molar-refractivity contribution in [3.05, 3.63) is 130 Å². The Morgan fingerprint density at radius 1 is 0.526 bits per heavy atom. The number of rotatable bonds is 4. The molecule has 2 unspecified atom stereocenters. The van der Waals surface area contributed by atoms with Crippen LogP contribution >= 0.6 is 24.8 Å². The summed E-state index contributed by atoms with van der Waals surface area (Å²) in [5.41, 5.74) is 14.7. The third-order valence-corrected chi connectivity index (χ3v) is 29.5. The molecule has 4 heteroatoms. The largest absolute Gasteiger partial charge is 0.147 e. The molecule has 6 rings (SSSR count). The van der Waals surface area contributed by atoms with Crippen LogP contribution in [0.25, 0.3) is 34.4 Å². The minimum atomic E-state index is -3.37. The molecule has 0 bridgehead atoms. The molecule has 0 heterocycles. The fourth-order valence-corrected chi connectivity index (χ4v) is 32.8. The number of allylic oxidation sites excluding steroid dienone is 2. The van der Waals surface area contributed by atoms with E-state index in [2.05, 4.69) is 132 Å².